The van der Waals surface area contributed by atoms with Crippen molar-refractivity contribution in [3.8, 4) is 5.75 Å². The molecule has 3 fully saturated rings. The number of likely N-dealkylation sites (tertiary alicyclic amines) is 1. The first-order valence-electron chi connectivity index (χ1n) is 11.1. The first-order chi connectivity index (χ1) is 15.1. The van der Waals surface area contributed by atoms with Crippen LogP contribution in [0.15, 0.2) is 42.9 Å². The first-order valence-corrected chi connectivity index (χ1v) is 11.1. The molecular formula is C24H28N4O3. The fourth-order valence-electron chi connectivity index (χ4n) is 5.82. The molecule has 0 N–H and O–H groups in total. The molecule has 0 unspecified atom stereocenters. The molecule has 162 valence electrons. The molecule has 0 spiro atoms. The Morgan fingerprint density at radius 3 is 2.90 bits per heavy atom. The summed E-state index contributed by atoms with van der Waals surface area (Å²) >= 11 is 0. The Hall–Kier alpha value is -2.96. The van der Waals surface area contributed by atoms with Crippen molar-refractivity contribution in [3.63, 3.8) is 0 Å². The predicted octanol–water partition coefficient (Wildman–Crippen LogP) is 2.57. The van der Waals surface area contributed by atoms with E-state index in [-0.39, 0.29) is 29.8 Å². The molecule has 7 nitrogen and oxygen atoms in total. The van der Waals surface area contributed by atoms with Gasteiger partial charge in [0.1, 0.15) is 11.4 Å². The number of methoxy groups -OCH3 is 1. The normalized spacial score (nSPS) is 27.6. The van der Waals surface area contributed by atoms with Gasteiger partial charge in [-0.3, -0.25) is 14.6 Å². The van der Waals surface area contributed by atoms with Crippen molar-refractivity contribution in [2.75, 3.05) is 20.2 Å². The summed E-state index contributed by atoms with van der Waals surface area (Å²) in [7, 11) is 1.67. The molecule has 4 atom stereocenters. The second kappa shape index (κ2) is 8.29. The van der Waals surface area contributed by atoms with Gasteiger partial charge in [-0.1, -0.05) is 12.1 Å². The third-order valence-electron chi connectivity index (χ3n) is 7.15. The zero-order chi connectivity index (χ0) is 21.4. The van der Waals surface area contributed by atoms with Gasteiger partial charge in [0.2, 0.25) is 5.91 Å². The van der Waals surface area contributed by atoms with Gasteiger partial charge in [0.05, 0.1) is 13.3 Å². The van der Waals surface area contributed by atoms with Gasteiger partial charge in [-0.05, 0) is 55.2 Å². The molecule has 3 saturated heterocycles. The lowest BCUT2D eigenvalue weighted by Crippen LogP contribution is -2.66. The van der Waals surface area contributed by atoms with Crippen LogP contribution in [-0.2, 0) is 11.2 Å². The van der Waals surface area contributed by atoms with Gasteiger partial charge in [-0.15, -0.1) is 0 Å². The number of aromatic nitrogens is 2. The lowest BCUT2D eigenvalue weighted by Gasteiger charge is -2.56. The minimum Gasteiger partial charge on any atom is -0.497 e. The number of hydrogen-bond donors (Lipinski definition) is 0. The molecule has 0 saturated carbocycles. The number of carbonyl (C=O) groups is 2. The molecule has 0 radical (unpaired) electrons. The molecule has 2 aromatic rings. The molecule has 2 amide bonds. The standard InChI is InChI=1S/C24H28N4O3/c1-31-19-5-2-4-16(10-19)11-22-18-12-17(21-6-3-7-23(29)28(21)22)14-27(15-18)24(30)20-13-25-8-9-26-20/h2,4-5,8-10,13,17-18,21-22H,3,6-7,11-12,14-15H2,1H3/t17-,18+,21+,22+/m1/s1. The Bertz CT molecular complexity index is 966. The summed E-state index contributed by atoms with van der Waals surface area (Å²) < 4.78 is 5.40. The van der Waals surface area contributed by atoms with Gasteiger partial charge in [0, 0.05) is 44.0 Å². The molecule has 2 bridgehead atoms. The van der Waals surface area contributed by atoms with Crippen LogP contribution in [-0.4, -0.2) is 63.9 Å². The lowest BCUT2D eigenvalue weighted by molar-refractivity contribution is -0.151. The molecule has 4 heterocycles. The number of nitrogens with zero attached hydrogens (tertiary/aromatic N) is 4. The maximum atomic E-state index is 13.1. The monoisotopic (exact) mass is 420 g/mol. The minimum absolute atomic E-state index is 0.0569. The second-order valence-electron chi connectivity index (χ2n) is 8.94. The van der Waals surface area contributed by atoms with Gasteiger partial charge >= 0.3 is 0 Å². The number of fused-ring (bicyclic) bond motifs is 4. The number of piperidine rings is 3. The fraction of sp³-hybridized carbons (Fsp3) is 0.500. The van der Waals surface area contributed by atoms with E-state index in [0.29, 0.717) is 31.1 Å². The highest BCUT2D eigenvalue weighted by Crippen LogP contribution is 2.43. The van der Waals surface area contributed by atoms with Gasteiger partial charge in [0.25, 0.3) is 5.91 Å². The van der Waals surface area contributed by atoms with E-state index in [1.165, 1.54) is 6.20 Å². The predicted molar refractivity (Wildman–Crippen MR) is 115 cm³/mol. The van der Waals surface area contributed by atoms with Crippen molar-refractivity contribution in [1.82, 2.24) is 19.8 Å². The number of benzene rings is 1. The van der Waals surface area contributed by atoms with E-state index in [2.05, 4.69) is 27.0 Å². The van der Waals surface area contributed by atoms with Gasteiger partial charge in [0.15, 0.2) is 0 Å². The number of ether oxygens (including phenoxy) is 1. The Balaban J connectivity index is 1.44. The quantitative estimate of drug-likeness (QED) is 0.760. The summed E-state index contributed by atoms with van der Waals surface area (Å²) in [6.45, 7) is 1.34. The van der Waals surface area contributed by atoms with Crippen LogP contribution in [0.2, 0.25) is 0 Å². The SMILES string of the molecule is COc1cccc(C[C@H]2[C@H]3C[C@H](CN(C(=O)c4cnccn4)C3)[C@@H]3CCCC(=O)N32)c1. The maximum Gasteiger partial charge on any atom is 0.274 e. The average Bonchev–Trinajstić information content (AvgIpc) is 2.82. The zero-order valence-corrected chi connectivity index (χ0v) is 17.8. The minimum atomic E-state index is -0.0569. The largest absolute Gasteiger partial charge is 0.497 e. The summed E-state index contributed by atoms with van der Waals surface area (Å²) in [6, 6.07) is 8.41. The molecular weight excluding hydrogens is 392 g/mol. The van der Waals surface area contributed by atoms with Crippen molar-refractivity contribution in [2.45, 2.75) is 44.2 Å². The van der Waals surface area contributed by atoms with Crippen LogP contribution >= 0.6 is 0 Å². The molecule has 1 aromatic heterocycles. The van der Waals surface area contributed by atoms with Gasteiger partial charge < -0.3 is 14.5 Å². The van der Waals surface area contributed by atoms with E-state index >= 15 is 0 Å². The van der Waals surface area contributed by atoms with E-state index in [1.807, 2.05) is 17.0 Å². The molecule has 3 aliphatic heterocycles. The third-order valence-corrected chi connectivity index (χ3v) is 7.15. The Morgan fingerprint density at radius 1 is 1.23 bits per heavy atom. The second-order valence-corrected chi connectivity index (χ2v) is 8.94. The molecule has 1 aromatic carbocycles. The number of hydrogen-bond acceptors (Lipinski definition) is 5. The topological polar surface area (TPSA) is 75.6 Å². The van der Waals surface area contributed by atoms with Crippen LogP contribution in [0.1, 0.15) is 41.7 Å². The summed E-state index contributed by atoms with van der Waals surface area (Å²) in [5, 5.41) is 0. The molecule has 0 aliphatic carbocycles. The zero-order valence-electron chi connectivity index (χ0n) is 17.8. The highest BCUT2D eigenvalue weighted by molar-refractivity contribution is 5.92. The van der Waals surface area contributed by atoms with E-state index in [4.69, 9.17) is 4.74 Å². The van der Waals surface area contributed by atoms with Crippen molar-refractivity contribution in [3.05, 3.63) is 54.1 Å². The first kappa shape index (κ1) is 20.0. The van der Waals surface area contributed by atoms with Crippen LogP contribution in [0.3, 0.4) is 0 Å². The van der Waals surface area contributed by atoms with Crippen molar-refractivity contribution >= 4 is 11.8 Å². The fourth-order valence-corrected chi connectivity index (χ4v) is 5.82. The third kappa shape index (κ3) is 3.77. The van der Waals surface area contributed by atoms with Crippen molar-refractivity contribution in [1.29, 1.82) is 0 Å². The van der Waals surface area contributed by atoms with E-state index in [9.17, 15) is 9.59 Å². The Morgan fingerprint density at radius 2 is 2.10 bits per heavy atom. The van der Waals surface area contributed by atoms with E-state index in [1.54, 1.807) is 19.5 Å². The number of carbonyl (C=O) groups excluding carboxylic acids is 2. The van der Waals surface area contributed by atoms with Crippen LogP contribution < -0.4 is 4.74 Å². The highest BCUT2D eigenvalue weighted by atomic mass is 16.5. The summed E-state index contributed by atoms with van der Waals surface area (Å²) in [5.74, 6) is 1.62. The molecule has 7 heteroatoms. The molecule has 31 heavy (non-hydrogen) atoms. The van der Waals surface area contributed by atoms with E-state index < -0.39 is 0 Å². The van der Waals surface area contributed by atoms with Crippen LogP contribution in [0.5, 0.6) is 5.75 Å². The smallest absolute Gasteiger partial charge is 0.274 e. The van der Waals surface area contributed by atoms with Crippen LogP contribution in [0.4, 0.5) is 0 Å². The molecule has 5 rings (SSSR count). The van der Waals surface area contributed by atoms with Crippen LogP contribution in [0, 0.1) is 11.8 Å². The van der Waals surface area contributed by atoms with Crippen LogP contribution in [0.25, 0.3) is 0 Å². The van der Waals surface area contributed by atoms with Gasteiger partial charge in [-0.2, -0.15) is 0 Å². The Kier molecular flexibility index (Phi) is 5.34. The van der Waals surface area contributed by atoms with Crippen molar-refractivity contribution < 1.29 is 14.3 Å². The average molecular weight is 421 g/mol. The number of amides is 2. The summed E-state index contributed by atoms with van der Waals surface area (Å²) in [4.78, 5) is 38.6. The van der Waals surface area contributed by atoms with Crippen molar-refractivity contribution in [2.24, 2.45) is 11.8 Å². The van der Waals surface area contributed by atoms with Gasteiger partial charge in [-0.25, -0.2) is 4.98 Å². The highest BCUT2D eigenvalue weighted by Gasteiger charge is 2.50. The van der Waals surface area contributed by atoms with E-state index in [0.717, 1.165) is 37.0 Å². The maximum absolute atomic E-state index is 13.1. The molecule has 3 aliphatic rings. The lowest BCUT2D eigenvalue weighted by atomic mass is 9.70. The number of rotatable bonds is 4. The summed E-state index contributed by atoms with van der Waals surface area (Å²) in [5.41, 5.74) is 1.56. The Labute approximate surface area is 182 Å². The summed E-state index contributed by atoms with van der Waals surface area (Å²) in [6.07, 6.45) is 9.11.